The van der Waals surface area contributed by atoms with Crippen LogP contribution in [-0.4, -0.2) is 60.8 Å². The van der Waals surface area contributed by atoms with Gasteiger partial charge in [-0.2, -0.15) is 5.10 Å². The summed E-state index contributed by atoms with van der Waals surface area (Å²) in [5.74, 6) is -3.66. The molecule has 42 heavy (non-hydrogen) atoms. The standard InChI is InChI=1S/C32H36N2O8/c1-30(2,3)40-27(35)25-24(19-13-14-22(38-4)23(17-19)39-5)32(26-21-12-8-7-11-20(21)18-33-34(25)26)28(36)41-31(42-29(32)37)15-9-6-10-16-31/h7-8,11-14,17-18,24-26H,6,9-10,15-16H2,1-5H3/t24-,25+,26+/m0/s1. The molecular weight excluding hydrogens is 540 g/mol. The fourth-order valence-corrected chi connectivity index (χ4v) is 6.95. The second-order valence-electron chi connectivity index (χ2n) is 12.3. The van der Waals surface area contributed by atoms with E-state index in [0.29, 0.717) is 35.5 Å². The molecule has 10 nitrogen and oxygen atoms in total. The normalized spacial score (nSPS) is 25.4. The molecule has 0 unspecified atom stereocenters. The number of esters is 3. The van der Waals surface area contributed by atoms with E-state index in [0.717, 1.165) is 24.8 Å². The Morgan fingerprint density at radius 2 is 1.62 bits per heavy atom. The van der Waals surface area contributed by atoms with Crippen LogP contribution in [0.2, 0.25) is 0 Å². The molecule has 2 aromatic rings. The van der Waals surface area contributed by atoms with Crippen LogP contribution >= 0.6 is 0 Å². The Bertz CT molecular complexity index is 1430. The van der Waals surface area contributed by atoms with E-state index in [-0.39, 0.29) is 0 Å². The lowest BCUT2D eigenvalue weighted by molar-refractivity contribution is -0.273. The quantitative estimate of drug-likeness (QED) is 0.379. The SMILES string of the molecule is COc1ccc([C@H]2[C@H](C(=O)OC(C)(C)C)N3N=Cc4ccccc4[C@@H]3C23C(=O)OC2(CCCCC2)OC3=O)cc1OC. The largest absolute Gasteiger partial charge is 0.493 e. The lowest BCUT2D eigenvalue weighted by Crippen LogP contribution is -2.60. The Hall–Kier alpha value is -4.08. The molecule has 2 aromatic carbocycles. The maximum atomic E-state index is 14.7. The summed E-state index contributed by atoms with van der Waals surface area (Å²) < 4.78 is 29.4. The minimum Gasteiger partial charge on any atom is -0.493 e. The number of benzene rings is 2. The summed E-state index contributed by atoms with van der Waals surface area (Å²) in [6.07, 6.45) is 5.01. The van der Waals surface area contributed by atoms with E-state index >= 15 is 0 Å². The van der Waals surface area contributed by atoms with Crippen LogP contribution in [0.15, 0.2) is 47.6 Å². The maximum Gasteiger partial charge on any atom is 0.331 e. The van der Waals surface area contributed by atoms with Crippen molar-refractivity contribution in [2.75, 3.05) is 14.2 Å². The molecule has 10 heteroatoms. The predicted molar refractivity (Wildman–Crippen MR) is 151 cm³/mol. The van der Waals surface area contributed by atoms with E-state index in [1.165, 1.54) is 19.2 Å². The van der Waals surface area contributed by atoms with Gasteiger partial charge in [0.2, 0.25) is 5.41 Å². The summed E-state index contributed by atoms with van der Waals surface area (Å²) >= 11 is 0. The summed E-state index contributed by atoms with van der Waals surface area (Å²) in [6.45, 7) is 5.30. The lowest BCUT2D eigenvalue weighted by Gasteiger charge is -2.47. The van der Waals surface area contributed by atoms with Gasteiger partial charge >= 0.3 is 17.9 Å². The Morgan fingerprint density at radius 3 is 2.26 bits per heavy atom. The van der Waals surface area contributed by atoms with Crippen LogP contribution in [-0.2, 0) is 28.6 Å². The molecule has 1 aliphatic carbocycles. The van der Waals surface area contributed by atoms with Gasteiger partial charge in [0.15, 0.2) is 17.5 Å². The average Bonchev–Trinajstić information content (AvgIpc) is 3.28. The number of methoxy groups -OCH3 is 2. The molecule has 3 heterocycles. The highest BCUT2D eigenvalue weighted by atomic mass is 16.7. The highest BCUT2D eigenvalue weighted by Gasteiger charge is 2.76. The van der Waals surface area contributed by atoms with Gasteiger partial charge in [-0.05, 0) is 62.4 Å². The van der Waals surface area contributed by atoms with Gasteiger partial charge in [-0.1, -0.05) is 36.8 Å². The van der Waals surface area contributed by atoms with Crippen molar-refractivity contribution in [3.8, 4) is 11.5 Å². The first kappa shape index (κ1) is 28.1. The van der Waals surface area contributed by atoms with E-state index in [2.05, 4.69) is 5.10 Å². The van der Waals surface area contributed by atoms with E-state index in [4.69, 9.17) is 23.7 Å². The Morgan fingerprint density at radius 1 is 0.952 bits per heavy atom. The maximum absolute atomic E-state index is 14.7. The Balaban J connectivity index is 1.61. The topological polar surface area (TPSA) is 113 Å². The third-order valence-electron chi connectivity index (χ3n) is 8.67. The van der Waals surface area contributed by atoms with Crippen LogP contribution in [0, 0.1) is 5.41 Å². The van der Waals surface area contributed by atoms with Gasteiger partial charge in [0.25, 0.3) is 5.79 Å². The first-order valence-electron chi connectivity index (χ1n) is 14.4. The van der Waals surface area contributed by atoms with Crippen LogP contribution in [0.5, 0.6) is 11.5 Å². The van der Waals surface area contributed by atoms with Crippen molar-refractivity contribution >= 4 is 24.1 Å². The van der Waals surface area contributed by atoms with Gasteiger partial charge in [-0.3, -0.25) is 14.6 Å². The molecule has 222 valence electrons. The fourth-order valence-electron chi connectivity index (χ4n) is 6.95. The Kier molecular flexibility index (Phi) is 6.70. The lowest BCUT2D eigenvalue weighted by atomic mass is 9.65. The molecule has 2 saturated heterocycles. The van der Waals surface area contributed by atoms with Crippen LogP contribution < -0.4 is 9.47 Å². The number of hydrazone groups is 1. The molecule has 0 N–H and O–H groups in total. The van der Waals surface area contributed by atoms with E-state index < -0.39 is 52.7 Å². The smallest absolute Gasteiger partial charge is 0.331 e. The van der Waals surface area contributed by atoms with Crippen molar-refractivity contribution in [1.29, 1.82) is 0 Å². The second kappa shape index (κ2) is 10.0. The summed E-state index contributed by atoms with van der Waals surface area (Å²) in [6, 6.07) is 10.3. The minimum absolute atomic E-state index is 0.378. The Labute approximate surface area is 244 Å². The third kappa shape index (κ3) is 4.22. The van der Waals surface area contributed by atoms with E-state index in [9.17, 15) is 14.4 Å². The van der Waals surface area contributed by atoms with Crippen molar-refractivity contribution in [2.24, 2.45) is 10.5 Å². The number of nitrogens with zero attached hydrogens (tertiary/aromatic N) is 2. The molecule has 3 atom stereocenters. The van der Waals surface area contributed by atoms with Gasteiger partial charge in [0.05, 0.1) is 20.4 Å². The second-order valence-corrected chi connectivity index (χ2v) is 12.3. The van der Waals surface area contributed by atoms with Gasteiger partial charge in [0, 0.05) is 18.8 Å². The number of carbonyl (C=O) groups excluding carboxylic acids is 3. The van der Waals surface area contributed by atoms with E-state index in [1.807, 2.05) is 24.3 Å². The number of fused-ring (bicyclic) bond motifs is 4. The van der Waals surface area contributed by atoms with Crippen molar-refractivity contribution in [2.45, 2.75) is 82.3 Å². The molecule has 0 radical (unpaired) electrons. The third-order valence-corrected chi connectivity index (χ3v) is 8.67. The molecule has 1 saturated carbocycles. The van der Waals surface area contributed by atoms with Gasteiger partial charge < -0.3 is 23.7 Å². The molecule has 2 spiro atoms. The number of carbonyl (C=O) groups is 3. The zero-order valence-electron chi connectivity index (χ0n) is 24.5. The zero-order chi connectivity index (χ0) is 29.9. The molecule has 3 fully saturated rings. The highest BCUT2D eigenvalue weighted by molar-refractivity contribution is 6.06. The summed E-state index contributed by atoms with van der Waals surface area (Å²) in [5.41, 5.74) is -0.941. The predicted octanol–water partition coefficient (Wildman–Crippen LogP) is 4.65. The zero-order valence-corrected chi connectivity index (χ0v) is 24.5. The minimum atomic E-state index is -1.97. The van der Waals surface area contributed by atoms with Crippen LogP contribution in [0.25, 0.3) is 0 Å². The molecule has 4 aliphatic rings. The van der Waals surface area contributed by atoms with Crippen LogP contribution in [0.1, 0.15) is 81.5 Å². The van der Waals surface area contributed by atoms with Crippen molar-refractivity contribution in [1.82, 2.24) is 5.01 Å². The average molecular weight is 577 g/mol. The van der Waals surface area contributed by atoms with Crippen LogP contribution in [0.3, 0.4) is 0 Å². The van der Waals surface area contributed by atoms with Gasteiger partial charge in [-0.25, -0.2) is 4.79 Å². The number of hydrogen-bond donors (Lipinski definition) is 0. The molecular formula is C32H36N2O8. The van der Waals surface area contributed by atoms with Crippen molar-refractivity contribution in [3.05, 3.63) is 59.2 Å². The number of rotatable bonds is 4. The fraction of sp³-hybridized carbons (Fsp3) is 0.500. The monoisotopic (exact) mass is 576 g/mol. The summed E-state index contributed by atoms with van der Waals surface area (Å²) in [4.78, 5) is 43.5. The summed E-state index contributed by atoms with van der Waals surface area (Å²) in [7, 11) is 3.01. The first-order valence-corrected chi connectivity index (χ1v) is 14.4. The molecule has 0 amide bonds. The highest BCUT2D eigenvalue weighted by Crippen LogP contribution is 2.63. The van der Waals surface area contributed by atoms with Gasteiger partial charge in [0.1, 0.15) is 11.6 Å². The van der Waals surface area contributed by atoms with Crippen molar-refractivity contribution in [3.63, 3.8) is 0 Å². The van der Waals surface area contributed by atoms with Crippen molar-refractivity contribution < 1.29 is 38.1 Å². The molecule has 0 bridgehead atoms. The van der Waals surface area contributed by atoms with E-state index in [1.54, 1.807) is 45.2 Å². The summed E-state index contributed by atoms with van der Waals surface area (Å²) in [5, 5.41) is 6.20. The number of hydrogen-bond acceptors (Lipinski definition) is 10. The first-order chi connectivity index (χ1) is 20.0. The van der Waals surface area contributed by atoms with Gasteiger partial charge in [-0.15, -0.1) is 0 Å². The molecule has 6 rings (SSSR count). The molecule has 0 aromatic heterocycles. The molecule has 3 aliphatic heterocycles. The number of ether oxygens (including phenoxy) is 5. The van der Waals surface area contributed by atoms with Crippen LogP contribution in [0.4, 0.5) is 0 Å².